The van der Waals surface area contributed by atoms with E-state index in [1.807, 2.05) is 31.2 Å². The third-order valence-electron chi connectivity index (χ3n) is 2.69. The second-order valence-corrected chi connectivity index (χ2v) is 5.27. The van der Waals surface area contributed by atoms with Crippen molar-refractivity contribution in [2.45, 2.75) is 16.8 Å². The van der Waals surface area contributed by atoms with Crippen LogP contribution in [0.15, 0.2) is 46.5 Å². The lowest BCUT2D eigenvalue weighted by atomic mass is 10.2. The van der Waals surface area contributed by atoms with Crippen molar-refractivity contribution in [2.24, 2.45) is 0 Å². The third-order valence-corrected chi connectivity index (χ3v) is 3.70. The normalized spacial score (nSPS) is 10.2. The molecule has 6 nitrogen and oxygen atoms in total. The molecule has 0 atom stereocenters. The summed E-state index contributed by atoms with van der Waals surface area (Å²) >= 11 is 1.17. The van der Waals surface area contributed by atoms with Crippen LogP contribution in [0.4, 0.5) is 5.69 Å². The van der Waals surface area contributed by atoms with Gasteiger partial charge in [0.2, 0.25) is 0 Å². The zero-order valence-electron chi connectivity index (χ0n) is 11.4. The van der Waals surface area contributed by atoms with Crippen LogP contribution in [0.3, 0.4) is 0 Å². The Balaban J connectivity index is 2.36. The summed E-state index contributed by atoms with van der Waals surface area (Å²) in [6, 6.07) is 8.72. The number of aromatic nitrogens is 1. The van der Waals surface area contributed by atoms with Gasteiger partial charge in [-0.3, -0.25) is 10.1 Å². The van der Waals surface area contributed by atoms with Crippen molar-refractivity contribution < 1.29 is 14.5 Å². The summed E-state index contributed by atoms with van der Waals surface area (Å²) in [5.74, 6) is -0.655. The first-order valence-corrected chi connectivity index (χ1v) is 6.80. The van der Waals surface area contributed by atoms with Gasteiger partial charge >= 0.3 is 11.7 Å². The number of esters is 1. The predicted molar refractivity (Wildman–Crippen MR) is 77.5 cm³/mol. The first kappa shape index (κ1) is 15.0. The number of nitrogens with zero attached hydrogens (tertiary/aromatic N) is 2. The van der Waals surface area contributed by atoms with Gasteiger partial charge in [-0.2, -0.15) is 0 Å². The SMILES string of the molecule is COC(=O)c1cnc(Sc2ccc(C)cc2)c([N+](=O)[O-])c1. The molecule has 0 radical (unpaired) electrons. The number of ether oxygens (including phenoxy) is 1. The molecule has 0 saturated carbocycles. The molecule has 0 fully saturated rings. The molecule has 0 saturated heterocycles. The number of nitro groups is 1. The molecule has 0 N–H and O–H groups in total. The molecule has 0 aliphatic carbocycles. The van der Waals surface area contributed by atoms with Crippen molar-refractivity contribution in [1.82, 2.24) is 4.98 Å². The molecule has 21 heavy (non-hydrogen) atoms. The Morgan fingerprint density at radius 1 is 1.33 bits per heavy atom. The highest BCUT2D eigenvalue weighted by atomic mass is 32.2. The molecule has 1 aromatic carbocycles. The van der Waals surface area contributed by atoms with Gasteiger partial charge in [-0.15, -0.1) is 0 Å². The van der Waals surface area contributed by atoms with Gasteiger partial charge in [-0.25, -0.2) is 9.78 Å². The fourth-order valence-corrected chi connectivity index (χ4v) is 2.44. The lowest BCUT2D eigenvalue weighted by molar-refractivity contribution is -0.388. The van der Waals surface area contributed by atoms with Crippen LogP contribution in [0.5, 0.6) is 0 Å². The average molecular weight is 304 g/mol. The van der Waals surface area contributed by atoms with Gasteiger partial charge in [-0.1, -0.05) is 29.5 Å². The first-order chi connectivity index (χ1) is 10.0. The van der Waals surface area contributed by atoms with Gasteiger partial charge in [-0.05, 0) is 19.1 Å². The second-order valence-electron chi connectivity index (χ2n) is 4.21. The van der Waals surface area contributed by atoms with Gasteiger partial charge in [0.15, 0.2) is 5.03 Å². The van der Waals surface area contributed by atoms with Crippen molar-refractivity contribution in [1.29, 1.82) is 0 Å². The third kappa shape index (κ3) is 3.57. The Kier molecular flexibility index (Phi) is 4.54. The molecule has 0 bridgehead atoms. The minimum absolute atomic E-state index is 0.0532. The van der Waals surface area contributed by atoms with E-state index in [-0.39, 0.29) is 16.3 Å². The number of carbonyl (C=O) groups is 1. The zero-order valence-corrected chi connectivity index (χ0v) is 12.2. The number of aryl methyl sites for hydroxylation is 1. The van der Waals surface area contributed by atoms with E-state index in [2.05, 4.69) is 9.72 Å². The minimum atomic E-state index is -0.655. The largest absolute Gasteiger partial charge is 0.465 e. The minimum Gasteiger partial charge on any atom is -0.465 e. The van der Waals surface area contributed by atoms with E-state index >= 15 is 0 Å². The molecule has 1 heterocycles. The monoisotopic (exact) mass is 304 g/mol. The van der Waals surface area contributed by atoms with Crippen LogP contribution in [0, 0.1) is 17.0 Å². The van der Waals surface area contributed by atoms with Crippen molar-refractivity contribution in [2.75, 3.05) is 7.11 Å². The molecular weight excluding hydrogens is 292 g/mol. The van der Waals surface area contributed by atoms with Crippen molar-refractivity contribution in [3.05, 3.63) is 57.8 Å². The highest BCUT2D eigenvalue weighted by molar-refractivity contribution is 7.99. The van der Waals surface area contributed by atoms with E-state index in [0.29, 0.717) is 0 Å². The predicted octanol–water partition coefficient (Wildman–Crippen LogP) is 3.24. The maximum atomic E-state index is 11.4. The quantitative estimate of drug-likeness (QED) is 0.490. The highest BCUT2D eigenvalue weighted by Gasteiger charge is 2.20. The summed E-state index contributed by atoms with van der Waals surface area (Å²) in [6.45, 7) is 1.96. The fourth-order valence-electron chi connectivity index (χ4n) is 1.60. The molecule has 0 aliphatic heterocycles. The van der Waals surface area contributed by atoms with E-state index in [0.717, 1.165) is 10.5 Å². The molecule has 2 aromatic rings. The molecule has 108 valence electrons. The molecule has 2 rings (SSSR count). The lowest BCUT2D eigenvalue weighted by Gasteiger charge is -2.04. The summed E-state index contributed by atoms with van der Waals surface area (Å²) in [5.41, 5.74) is 0.934. The van der Waals surface area contributed by atoms with Crippen molar-refractivity contribution >= 4 is 23.4 Å². The number of rotatable bonds is 4. The summed E-state index contributed by atoms with van der Waals surface area (Å²) in [6.07, 6.45) is 1.27. The van der Waals surface area contributed by atoms with Crippen LogP contribution in [0.2, 0.25) is 0 Å². The Morgan fingerprint density at radius 2 is 2.00 bits per heavy atom. The maximum absolute atomic E-state index is 11.4. The van der Waals surface area contributed by atoms with Gasteiger partial charge < -0.3 is 4.74 Å². The van der Waals surface area contributed by atoms with E-state index in [1.165, 1.54) is 31.1 Å². The standard InChI is InChI=1S/C14H12N2O4S/c1-9-3-5-11(6-4-9)21-13-12(16(18)19)7-10(8-15-13)14(17)20-2/h3-8H,1-2H3. The van der Waals surface area contributed by atoms with Crippen LogP contribution in [0.25, 0.3) is 0 Å². The topological polar surface area (TPSA) is 82.3 Å². The zero-order chi connectivity index (χ0) is 15.4. The average Bonchev–Trinajstić information content (AvgIpc) is 2.49. The molecule has 0 unspecified atom stereocenters. The molecule has 1 aromatic heterocycles. The van der Waals surface area contributed by atoms with E-state index < -0.39 is 10.9 Å². The van der Waals surface area contributed by atoms with Crippen molar-refractivity contribution in [3.8, 4) is 0 Å². The maximum Gasteiger partial charge on any atom is 0.339 e. The molecule has 0 amide bonds. The van der Waals surface area contributed by atoms with Crippen LogP contribution in [0.1, 0.15) is 15.9 Å². The van der Waals surface area contributed by atoms with Crippen molar-refractivity contribution in [3.63, 3.8) is 0 Å². The Morgan fingerprint density at radius 3 is 2.57 bits per heavy atom. The van der Waals surface area contributed by atoms with Gasteiger partial charge in [0.1, 0.15) is 0 Å². The number of hydrogen-bond donors (Lipinski definition) is 0. The molecule has 0 spiro atoms. The van der Waals surface area contributed by atoms with Crippen LogP contribution in [-0.2, 0) is 4.74 Å². The van der Waals surface area contributed by atoms with Gasteiger partial charge in [0.05, 0.1) is 17.6 Å². The first-order valence-electron chi connectivity index (χ1n) is 5.98. The fraction of sp³-hybridized carbons (Fsp3) is 0.143. The second kappa shape index (κ2) is 6.36. The van der Waals surface area contributed by atoms with Gasteiger partial charge in [0, 0.05) is 17.2 Å². The molecule has 0 aliphatic rings. The Labute approximate surface area is 125 Å². The van der Waals surface area contributed by atoms with Crippen LogP contribution < -0.4 is 0 Å². The van der Waals surface area contributed by atoms with E-state index in [9.17, 15) is 14.9 Å². The smallest absolute Gasteiger partial charge is 0.339 e. The highest BCUT2D eigenvalue weighted by Crippen LogP contribution is 2.33. The molecular formula is C14H12N2O4S. The molecule has 7 heteroatoms. The summed E-state index contributed by atoms with van der Waals surface area (Å²) in [7, 11) is 1.21. The number of hydrogen-bond acceptors (Lipinski definition) is 6. The van der Waals surface area contributed by atoms with Crippen LogP contribution in [-0.4, -0.2) is 23.0 Å². The lowest BCUT2D eigenvalue weighted by Crippen LogP contribution is -2.04. The van der Waals surface area contributed by atoms with E-state index in [4.69, 9.17) is 0 Å². The van der Waals surface area contributed by atoms with Gasteiger partial charge in [0.25, 0.3) is 0 Å². The van der Waals surface area contributed by atoms with Crippen LogP contribution >= 0.6 is 11.8 Å². The number of benzene rings is 1. The van der Waals surface area contributed by atoms with E-state index in [1.54, 1.807) is 0 Å². The Bertz CT molecular complexity index is 686. The summed E-state index contributed by atoms with van der Waals surface area (Å²) in [4.78, 5) is 26.8. The number of methoxy groups -OCH3 is 1. The Hall–Kier alpha value is -2.41. The summed E-state index contributed by atoms with van der Waals surface area (Å²) in [5, 5.41) is 11.4. The number of pyridine rings is 1. The number of carbonyl (C=O) groups excluding carboxylic acids is 1. The summed E-state index contributed by atoms with van der Waals surface area (Å²) < 4.78 is 4.53.